The Morgan fingerprint density at radius 1 is 1.15 bits per heavy atom. The van der Waals surface area contributed by atoms with Crippen molar-refractivity contribution in [1.29, 1.82) is 0 Å². The van der Waals surface area contributed by atoms with Crippen molar-refractivity contribution in [2.45, 2.75) is 57.5 Å². The maximum atomic E-state index is 12.2. The molecule has 1 atom stereocenters. The molecule has 3 nitrogen and oxygen atoms in total. The second-order valence-corrected chi connectivity index (χ2v) is 5.59. The number of nitrogens with one attached hydrogen (secondary N) is 1. The molecule has 0 aromatic heterocycles. The SMILES string of the molecule is Cc1ccc(C(N)C(=O)NC2CCCCCC2)cc1.Cl. The van der Waals surface area contributed by atoms with E-state index in [4.69, 9.17) is 5.73 Å². The van der Waals surface area contributed by atoms with Crippen molar-refractivity contribution in [3.63, 3.8) is 0 Å². The van der Waals surface area contributed by atoms with Crippen LogP contribution in [-0.2, 0) is 4.79 Å². The van der Waals surface area contributed by atoms with Crippen LogP contribution < -0.4 is 11.1 Å². The quantitative estimate of drug-likeness (QED) is 0.841. The van der Waals surface area contributed by atoms with Crippen molar-refractivity contribution in [1.82, 2.24) is 5.32 Å². The van der Waals surface area contributed by atoms with Crippen molar-refractivity contribution in [2.75, 3.05) is 0 Å². The molecule has 0 heterocycles. The fourth-order valence-electron chi connectivity index (χ4n) is 2.64. The van der Waals surface area contributed by atoms with E-state index in [-0.39, 0.29) is 18.3 Å². The van der Waals surface area contributed by atoms with Gasteiger partial charge in [0.2, 0.25) is 5.91 Å². The molecule has 0 bridgehead atoms. The highest BCUT2D eigenvalue weighted by atomic mass is 35.5. The molecule has 0 saturated heterocycles. The van der Waals surface area contributed by atoms with Crippen LogP contribution in [-0.4, -0.2) is 11.9 Å². The average Bonchev–Trinajstić information content (AvgIpc) is 2.67. The molecule has 1 aromatic carbocycles. The number of rotatable bonds is 3. The Hall–Kier alpha value is -1.06. The van der Waals surface area contributed by atoms with Gasteiger partial charge >= 0.3 is 0 Å². The Kier molecular flexibility index (Phi) is 7.03. The summed E-state index contributed by atoms with van der Waals surface area (Å²) >= 11 is 0. The van der Waals surface area contributed by atoms with Gasteiger partial charge in [-0.2, -0.15) is 0 Å². The van der Waals surface area contributed by atoms with Crippen molar-refractivity contribution in [3.05, 3.63) is 35.4 Å². The molecule has 1 aliphatic rings. The first-order valence-corrected chi connectivity index (χ1v) is 7.29. The third-order valence-electron chi connectivity index (χ3n) is 3.92. The summed E-state index contributed by atoms with van der Waals surface area (Å²) in [6, 6.07) is 7.62. The summed E-state index contributed by atoms with van der Waals surface area (Å²) in [4.78, 5) is 12.2. The smallest absolute Gasteiger partial charge is 0.241 e. The van der Waals surface area contributed by atoms with E-state index in [9.17, 15) is 4.79 Å². The lowest BCUT2D eigenvalue weighted by Gasteiger charge is -2.19. The van der Waals surface area contributed by atoms with E-state index < -0.39 is 6.04 Å². The van der Waals surface area contributed by atoms with E-state index >= 15 is 0 Å². The second-order valence-electron chi connectivity index (χ2n) is 5.59. The molecule has 112 valence electrons. The Morgan fingerprint density at radius 3 is 2.25 bits per heavy atom. The van der Waals surface area contributed by atoms with Crippen molar-refractivity contribution < 1.29 is 4.79 Å². The molecule has 2 rings (SSSR count). The van der Waals surface area contributed by atoms with Crippen LogP contribution in [0.25, 0.3) is 0 Å². The Balaban J connectivity index is 0.00000200. The third kappa shape index (κ3) is 4.80. The minimum absolute atomic E-state index is 0. The van der Waals surface area contributed by atoms with Gasteiger partial charge in [0.05, 0.1) is 0 Å². The normalized spacial score (nSPS) is 17.7. The summed E-state index contributed by atoms with van der Waals surface area (Å²) in [6.45, 7) is 2.03. The Bertz CT molecular complexity index is 411. The molecule has 0 aliphatic heterocycles. The molecule has 1 aromatic rings. The summed E-state index contributed by atoms with van der Waals surface area (Å²) in [6.07, 6.45) is 7.18. The first kappa shape index (κ1) is 17.0. The number of hydrogen-bond acceptors (Lipinski definition) is 2. The highest BCUT2D eigenvalue weighted by Gasteiger charge is 2.20. The first-order valence-electron chi connectivity index (χ1n) is 7.29. The van der Waals surface area contributed by atoms with E-state index in [0.29, 0.717) is 6.04 Å². The highest BCUT2D eigenvalue weighted by Crippen LogP contribution is 2.18. The molecule has 0 spiro atoms. The molecular formula is C16H25ClN2O. The summed E-state index contributed by atoms with van der Waals surface area (Å²) < 4.78 is 0. The van der Waals surface area contributed by atoms with Gasteiger partial charge in [-0.15, -0.1) is 12.4 Å². The minimum atomic E-state index is -0.552. The van der Waals surface area contributed by atoms with E-state index in [1.807, 2.05) is 31.2 Å². The summed E-state index contributed by atoms with van der Waals surface area (Å²) in [5.74, 6) is -0.0456. The zero-order chi connectivity index (χ0) is 13.7. The second kappa shape index (κ2) is 8.28. The lowest BCUT2D eigenvalue weighted by atomic mass is 10.0. The van der Waals surface area contributed by atoms with Gasteiger partial charge in [-0.05, 0) is 25.3 Å². The molecule has 1 amide bonds. The van der Waals surface area contributed by atoms with Crippen molar-refractivity contribution in [2.24, 2.45) is 5.73 Å². The van der Waals surface area contributed by atoms with Gasteiger partial charge in [0, 0.05) is 6.04 Å². The van der Waals surface area contributed by atoms with Crippen LogP contribution in [0.2, 0.25) is 0 Å². The lowest BCUT2D eigenvalue weighted by Crippen LogP contribution is -2.40. The molecule has 3 N–H and O–H groups in total. The van der Waals surface area contributed by atoms with Gasteiger partial charge in [0.15, 0.2) is 0 Å². The predicted molar refractivity (Wildman–Crippen MR) is 85.0 cm³/mol. The number of carbonyl (C=O) groups excluding carboxylic acids is 1. The van der Waals surface area contributed by atoms with Gasteiger partial charge in [0.1, 0.15) is 6.04 Å². The fourth-order valence-corrected chi connectivity index (χ4v) is 2.64. The van der Waals surface area contributed by atoms with Crippen LogP contribution in [0.15, 0.2) is 24.3 Å². The lowest BCUT2D eigenvalue weighted by molar-refractivity contribution is -0.123. The van der Waals surface area contributed by atoms with Crippen LogP contribution in [0.5, 0.6) is 0 Å². The number of benzene rings is 1. The molecule has 4 heteroatoms. The van der Waals surface area contributed by atoms with Crippen LogP contribution >= 0.6 is 12.4 Å². The molecule has 1 fully saturated rings. The predicted octanol–water partition coefficient (Wildman–Crippen LogP) is 3.26. The maximum Gasteiger partial charge on any atom is 0.241 e. The molecular weight excluding hydrogens is 272 g/mol. The van der Waals surface area contributed by atoms with E-state index in [1.165, 1.54) is 31.2 Å². The largest absolute Gasteiger partial charge is 0.352 e. The summed E-state index contributed by atoms with van der Waals surface area (Å²) in [5.41, 5.74) is 8.10. The van der Waals surface area contributed by atoms with Gasteiger partial charge in [-0.3, -0.25) is 4.79 Å². The zero-order valence-corrected chi connectivity index (χ0v) is 12.9. The molecule has 1 unspecified atom stereocenters. The van der Waals surface area contributed by atoms with Gasteiger partial charge in [0.25, 0.3) is 0 Å². The molecule has 1 aliphatic carbocycles. The van der Waals surface area contributed by atoms with Crippen molar-refractivity contribution in [3.8, 4) is 0 Å². The van der Waals surface area contributed by atoms with Crippen LogP contribution in [0.3, 0.4) is 0 Å². The zero-order valence-electron chi connectivity index (χ0n) is 12.1. The average molecular weight is 297 g/mol. The van der Waals surface area contributed by atoms with Crippen LogP contribution in [0.4, 0.5) is 0 Å². The summed E-state index contributed by atoms with van der Waals surface area (Å²) in [7, 11) is 0. The van der Waals surface area contributed by atoms with E-state index in [2.05, 4.69) is 5.32 Å². The molecule has 20 heavy (non-hydrogen) atoms. The minimum Gasteiger partial charge on any atom is -0.352 e. The number of nitrogens with two attached hydrogens (primary N) is 1. The summed E-state index contributed by atoms with van der Waals surface area (Å²) in [5, 5.41) is 3.11. The third-order valence-corrected chi connectivity index (χ3v) is 3.92. The monoisotopic (exact) mass is 296 g/mol. The number of amides is 1. The van der Waals surface area contributed by atoms with Crippen LogP contribution in [0.1, 0.15) is 55.7 Å². The molecule has 0 radical (unpaired) electrons. The first-order chi connectivity index (χ1) is 9.16. The van der Waals surface area contributed by atoms with Crippen molar-refractivity contribution >= 4 is 18.3 Å². The topological polar surface area (TPSA) is 55.1 Å². The van der Waals surface area contributed by atoms with E-state index in [1.54, 1.807) is 0 Å². The maximum absolute atomic E-state index is 12.2. The standard InChI is InChI=1S/C16H24N2O.ClH/c1-12-8-10-13(11-9-12)15(17)16(19)18-14-6-4-2-3-5-7-14;/h8-11,14-15H,2-7,17H2,1H3,(H,18,19);1H. The number of aryl methyl sites for hydroxylation is 1. The molecule has 1 saturated carbocycles. The van der Waals surface area contributed by atoms with Gasteiger partial charge < -0.3 is 11.1 Å². The number of halogens is 1. The van der Waals surface area contributed by atoms with E-state index in [0.717, 1.165) is 18.4 Å². The van der Waals surface area contributed by atoms with Gasteiger partial charge in [-0.1, -0.05) is 55.5 Å². The highest BCUT2D eigenvalue weighted by molar-refractivity contribution is 5.85. The van der Waals surface area contributed by atoms with Gasteiger partial charge in [-0.25, -0.2) is 0 Å². The fraction of sp³-hybridized carbons (Fsp3) is 0.562. The Morgan fingerprint density at radius 2 is 1.70 bits per heavy atom. The number of hydrogen-bond donors (Lipinski definition) is 2. The Labute approximate surface area is 127 Å². The van der Waals surface area contributed by atoms with Crippen LogP contribution in [0, 0.1) is 6.92 Å². The number of carbonyl (C=O) groups is 1.